The number of β-amino-alcohol motifs (C(OH)–C–C–N with tert-alkyl or cyclic N) is 1. The van der Waals surface area contributed by atoms with Gasteiger partial charge in [-0.25, -0.2) is 9.18 Å². The summed E-state index contributed by atoms with van der Waals surface area (Å²) in [6, 6.07) is 3.82. The van der Waals surface area contributed by atoms with Crippen LogP contribution in [0.15, 0.2) is 24.4 Å². The number of nitrogens with zero attached hydrogens (tertiary/aromatic N) is 4. The second-order valence-electron chi connectivity index (χ2n) is 7.35. The highest BCUT2D eigenvalue weighted by Gasteiger charge is 2.34. The number of halogens is 2. The van der Waals surface area contributed by atoms with Crippen LogP contribution in [0.1, 0.15) is 19.0 Å². The smallest absolute Gasteiger partial charge is 0.322 e. The van der Waals surface area contributed by atoms with E-state index in [9.17, 15) is 14.3 Å². The molecule has 0 spiro atoms. The molecule has 1 saturated heterocycles. The lowest BCUT2D eigenvalue weighted by Gasteiger charge is -2.30. The maximum atomic E-state index is 13.3. The van der Waals surface area contributed by atoms with Crippen LogP contribution >= 0.6 is 11.6 Å². The van der Waals surface area contributed by atoms with Crippen LogP contribution in [0.25, 0.3) is 0 Å². The highest BCUT2D eigenvalue weighted by Crippen LogP contribution is 2.31. The summed E-state index contributed by atoms with van der Waals surface area (Å²) >= 11 is 5.77. The Labute approximate surface area is 161 Å². The molecular formula is C18H21ClFN5O2. The Kier molecular flexibility index (Phi) is 4.47. The van der Waals surface area contributed by atoms with Gasteiger partial charge in [0, 0.05) is 25.3 Å². The lowest BCUT2D eigenvalue weighted by molar-refractivity contribution is 0.0839. The Balaban J connectivity index is 1.48. The Morgan fingerprint density at radius 1 is 1.37 bits per heavy atom. The van der Waals surface area contributed by atoms with Gasteiger partial charge in [-0.2, -0.15) is 5.10 Å². The number of carbonyl (C=O) groups excluding carboxylic acids is 1. The Morgan fingerprint density at radius 2 is 2.19 bits per heavy atom. The summed E-state index contributed by atoms with van der Waals surface area (Å²) in [6.07, 6.45) is 2.50. The van der Waals surface area contributed by atoms with Crippen LogP contribution < -0.4 is 10.2 Å². The molecule has 0 saturated carbocycles. The van der Waals surface area contributed by atoms with Crippen LogP contribution in [0.5, 0.6) is 0 Å². The molecule has 1 aromatic carbocycles. The van der Waals surface area contributed by atoms with Gasteiger partial charge in [-0.15, -0.1) is 0 Å². The number of rotatable bonds is 2. The van der Waals surface area contributed by atoms with E-state index in [2.05, 4.69) is 15.3 Å². The van der Waals surface area contributed by atoms with Crippen molar-refractivity contribution in [2.75, 3.05) is 29.9 Å². The third-order valence-electron chi connectivity index (χ3n) is 5.10. The molecule has 2 aromatic rings. The van der Waals surface area contributed by atoms with E-state index in [1.807, 2.05) is 11.6 Å². The van der Waals surface area contributed by atoms with E-state index in [0.29, 0.717) is 38.3 Å². The van der Waals surface area contributed by atoms with Gasteiger partial charge in [0.2, 0.25) is 0 Å². The van der Waals surface area contributed by atoms with Crippen LogP contribution in [-0.4, -0.2) is 51.1 Å². The molecule has 1 fully saturated rings. The standard InChI is InChI=1S/C18H21ClFN5O2/c1-18(27)4-5-24(11-18)15-9-21-25-7-6-23(10-16(15)25)17(26)22-12-2-3-14(20)13(19)8-12/h2-3,8-9,27H,4-7,10-11H2,1H3,(H,22,26). The summed E-state index contributed by atoms with van der Waals surface area (Å²) in [6.45, 7) is 4.66. The number of aliphatic hydroxyl groups is 1. The van der Waals surface area contributed by atoms with Crippen molar-refractivity contribution in [3.8, 4) is 0 Å². The van der Waals surface area contributed by atoms with Crippen molar-refractivity contribution in [2.24, 2.45) is 0 Å². The fraction of sp³-hybridized carbons (Fsp3) is 0.444. The van der Waals surface area contributed by atoms with Crippen LogP contribution in [0, 0.1) is 5.82 Å². The highest BCUT2D eigenvalue weighted by atomic mass is 35.5. The van der Waals surface area contributed by atoms with Crippen molar-refractivity contribution in [1.29, 1.82) is 0 Å². The first-order valence-corrected chi connectivity index (χ1v) is 9.23. The molecule has 7 nitrogen and oxygen atoms in total. The van der Waals surface area contributed by atoms with Crippen molar-refractivity contribution in [3.05, 3.63) is 40.9 Å². The molecule has 9 heteroatoms. The predicted molar refractivity (Wildman–Crippen MR) is 101 cm³/mol. The number of fused-ring (bicyclic) bond motifs is 1. The molecule has 4 rings (SSSR count). The Morgan fingerprint density at radius 3 is 2.89 bits per heavy atom. The molecule has 1 unspecified atom stereocenters. The number of anilines is 2. The molecule has 0 radical (unpaired) electrons. The van der Waals surface area contributed by atoms with Crippen LogP contribution in [0.4, 0.5) is 20.6 Å². The predicted octanol–water partition coefficient (Wildman–Crippen LogP) is 2.68. The van der Waals surface area contributed by atoms with E-state index in [0.717, 1.165) is 17.9 Å². The fourth-order valence-electron chi connectivity index (χ4n) is 3.60. The summed E-state index contributed by atoms with van der Waals surface area (Å²) in [5.41, 5.74) is 1.64. The molecule has 1 atom stereocenters. The van der Waals surface area contributed by atoms with Crippen molar-refractivity contribution >= 4 is 29.0 Å². The zero-order chi connectivity index (χ0) is 19.2. The number of hydrogen-bond acceptors (Lipinski definition) is 4. The summed E-state index contributed by atoms with van der Waals surface area (Å²) in [5.74, 6) is -0.525. The van der Waals surface area contributed by atoms with Gasteiger partial charge < -0.3 is 20.2 Å². The molecule has 2 aliphatic rings. The Hall–Kier alpha value is -2.32. The second kappa shape index (κ2) is 6.69. The fourth-order valence-corrected chi connectivity index (χ4v) is 3.78. The van der Waals surface area contributed by atoms with E-state index < -0.39 is 11.4 Å². The van der Waals surface area contributed by atoms with Crippen molar-refractivity contribution in [1.82, 2.24) is 14.7 Å². The summed E-state index contributed by atoms with van der Waals surface area (Å²) < 4.78 is 15.2. The minimum absolute atomic E-state index is 0.0344. The average molecular weight is 394 g/mol. The van der Waals surface area contributed by atoms with Gasteiger partial charge in [0.1, 0.15) is 5.82 Å². The summed E-state index contributed by atoms with van der Waals surface area (Å²) in [7, 11) is 0. The number of carbonyl (C=O) groups is 1. The third-order valence-corrected chi connectivity index (χ3v) is 5.39. The zero-order valence-corrected chi connectivity index (χ0v) is 15.7. The van der Waals surface area contributed by atoms with E-state index in [-0.39, 0.29) is 11.1 Å². The maximum Gasteiger partial charge on any atom is 0.322 e. The maximum absolute atomic E-state index is 13.3. The van der Waals surface area contributed by atoms with Gasteiger partial charge in [-0.1, -0.05) is 11.6 Å². The average Bonchev–Trinajstić information content (AvgIpc) is 3.20. The first-order valence-electron chi connectivity index (χ1n) is 8.85. The minimum Gasteiger partial charge on any atom is -0.388 e. The first-order chi connectivity index (χ1) is 12.8. The van der Waals surface area contributed by atoms with Gasteiger partial charge in [0.25, 0.3) is 0 Å². The molecule has 2 N–H and O–H groups in total. The molecule has 27 heavy (non-hydrogen) atoms. The lowest BCUT2D eigenvalue weighted by atomic mass is 10.1. The van der Waals surface area contributed by atoms with Gasteiger partial charge >= 0.3 is 6.03 Å². The topological polar surface area (TPSA) is 73.6 Å². The molecule has 3 heterocycles. The van der Waals surface area contributed by atoms with Gasteiger partial charge in [-0.3, -0.25) is 4.68 Å². The van der Waals surface area contributed by atoms with Crippen molar-refractivity contribution in [2.45, 2.75) is 32.0 Å². The van der Waals surface area contributed by atoms with Crippen LogP contribution in [0.3, 0.4) is 0 Å². The number of aromatic nitrogens is 2. The zero-order valence-electron chi connectivity index (χ0n) is 15.0. The third kappa shape index (κ3) is 3.59. The Bertz CT molecular complexity index is 885. The SMILES string of the molecule is CC1(O)CCN(c2cnn3c2CN(C(=O)Nc2ccc(F)c(Cl)c2)CC3)C1. The molecule has 2 amide bonds. The van der Waals surface area contributed by atoms with E-state index in [1.54, 1.807) is 11.1 Å². The largest absolute Gasteiger partial charge is 0.388 e. The normalized spacial score (nSPS) is 22.1. The van der Waals surface area contributed by atoms with Gasteiger partial charge in [-0.05, 0) is 31.5 Å². The van der Waals surface area contributed by atoms with E-state index in [4.69, 9.17) is 11.6 Å². The second-order valence-corrected chi connectivity index (χ2v) is 7.76. The van der Waals surface area contributed by atoms with Gasteiger partial charge in [0.05, 0.1) is 41.3 Å². The minimum atomic E-state index is -0.706. The molecule has 144 valence electrons. The van der Waals surface area contributed by atoms with Crippen LogP contribution in [0.2, 0.25) is 5.02 Å². The van der Waals surface area contributed by atoms with Gasteiger partial charge in [0.15, 0.2) is 0 Å². The monoisotopic (exact) mass is 393 g/mol. The molecular weight excluding hydrogens is 373 g/mol. The van der Waals surface area contributed by atoms with Crippen LogP contribution in [-0.2, 0) is 13.1 Å². The van der Waals surface area contributed by atoms with Crippen molar-refractivity contribution < 1.29 is 14.3 Å². The quantitative estimate of drug-likeness (QED) is 0.822. The summed E-state index contributed by atoms with van der Waals surface area (Å²) in [5, 5.41) is 17.4. The number of benzene rings is 1. The summed E-state index contributed by atoms with van der Waals surface area (Å²) in [4.78, 5) is 16.4. The highest BCUT2D eigenvalue weighted by molar-refractivity contribution is 6.31. The number of urea groups is 1. The molecule has 0 bridgehead atoms. The molecule has 1 aromatic heterocycles. The molecule has 0 aliphatic carbocycles. The number of nitrogens with one attached hydrogen (secondary N) is 1. The van der Waals surface area contributed by atoms with E-state index >= 15 is 0 Å². The lowest BCUT2D eigenvalue weighted by Crippen LogP contribution is -2.41. The first kappa shape index (κ1) is 18.1. The number of hydrogen-bond donors (Lipinski definition) is 2. The molecule has 2 aliphatic heterocycles. The van der Waals surface area contributed by atoms with E-state index in [1.165, 1.54) is 18.2 Å². The van der Waals surface area contributed by atoms with Crippen molar-refractivity contribution in [3.63, 3.8) is 0 Å². The number of amides is 2.